The molecule has 0 saturated heterocycles. The lowest BCUT2D eigenvalue weighted by atomic mass is 10.1. The Morgan fingerprint density at radius 2 is 1.67 bits per heavy atom. The van der Waals surface area contributed by atoms with Gasteiger partial charge in [0.25, 0.3) is 0 Å². The van der Waals surface area contributed by atoms with E-state index in [1.54, 1.807) is 0 Å². The molecule has 0 bridgehead atoms. The third kappa shape index (κ3) is 4.31. The third-order valence-electron chi connectivity index (χ3n) is 3.38. The maximum Gasteiger partial charge on any atom is 0.121 e. The lowest BCUT2D eigenvalue weighted by Gasteiger charge is -2.18. The van der Waals surface area contributed by atoms with Gasteiger partial charge in [0.1, 0.15) is 5.75 Å². The molecule has 1 aromatic rings. The first-order valence-corrected chi connectivity index (χ1v) is 6.80. The Balaban J connectivity index is 2.40. The minimum Gasteiger partial charge on any atom is -0.507 e. The highest BCUT2D eigenvalue weighted by Crippen LogP contribution is 2.22. The minimum atomic E-state index is 0.418. The van der Waals surface area contributed by atoms with Gasteiger partial charge in [-0.3, -0.25) is 0 Å². The number of hydrogen-bond acceptors (Lipinski definition) is 3. The van der Waals surface area contributed by atoms with Crippen molar-refractivity contribution in [2.75, 3.05) is 26.2 Å². The second kappa shape index (κ2) is 7.39. The van der Waals surface area contributed by atoms with Gasteiger partial charge in [0.15, 0.2) is 0 Å². The highest BCUT2D eigenvalue weighted by Gasteiger charge is 2.03. The largest absolute Gasteiger partial charge is 0.507 e. The zero-order chi connectivity index (χ0) is 13.5. The predicted octanol–water partition coefficient (Wildman–Crippen LogP) is 2.44. The molecule has 0 aromatic heterocycles. The summed E-state index contributed by atoms with van der Waals surface area (Å²) in [7, 11) is 0. The average Bonchev–Trinajstić information content (AvgIpc) is 2.36. The van der Waals surface area contributed by atoms with Crippen LogP contribution in [0.1, 0.15) is 30.5 Å². The maximum atomic E-state index is 9.71. The van der Waals surface area contributed by atoms with Crippen LogP contribution < -0.4 is 5.32 Å². The molecule has 3 nitrogen and oxygen atoms in total. The van der Waals surface area contributed by atoms with Gasteiger partial charge in [-0.25, -0.2) is 0 Å². The van der Waals surface area contributed by atoms with Gasteiger partial charge in [0.05, 0.1) is 0 Å². The molecule has 2 N–H and O–H groups in total. The number of nitrogens with one attached hydrogen (secondary N) is 1. The van der Waals surface area contributed by atoms with Crippen molar-refractivity contribution in [3.05, 3.63) is 28.8 Å². The normalized spacial score (nSPS) is 11.2. The van der Waals surface area contributed by atoms with Crippen molar-refractivity contribution < 1.29 is 5.11 Å². The second-order valence-electron chi connectivity index (χ2n) is 4.78. The Morgan fingerprint density at radius 1 is 1.11 bits per heavy atom. The number of aryl methyl sites for hydroxylation is 2. The Hall–Kier alpha value is -1.06. The van der Waals surface area contributed by atoms with Crippen molar-refractivity contribution in [2.45, 2.75) is 34.2 Å². The molecule has 3 heteroatoms. The lowest BCUT2D eigenvalue weighted by Crippen LogP contribution is -2.31. The summed E-state index contributed by atoms with van der Waals surface area (Å²) >= 11 is 0. The summed E-state index contributed by atoms with van der Waals surface area (Å²) in [6.07, 6.45) is 0. The molecule has 0 amide bonds. The van der Waals surface area contributed by atoms with E-state index in [9.17, 15) is 5.11 Å². The van der Waals surface area contributed by atoms with Gasteiger partial charge in [-0.05, 0) is 43.6 Å². The van der Waals surface area contributed by atoms with Crippen molar-refractivity contribution in [3.8, 4) is 5.75 Å². The van der Waals surface area contributed by atoms with Crippen molar-refractivity contribution in [1.29, 1.82) is 0 Å². The van der Waals surface area contributed by atoms with Crippen LogP contribution in [0.2, 0.25) is 0 Å². The summed E-state index contributed by atoms with van der Waals surface area (Å²) < 4.78 is 0. The van der Waals surface area contributed by atoms with E-state index in [2.05, 4.69) is 24.1 Å². The number of rotatable bonds is 7. The van der Waals surface area contributed by atoms with Crippen molar-refractivity contribution in [1.82, 2.24) is 10.2 Å². The van der Waals surface area contributed by atoms with Gasteiger partial charge >= 0.3 is 0 Å². The van der Waals surface area contributed by atoms with Crippen LogP contribution in [0.5, 0.6) is 5.75 Å². The molecule has 0 atom stereocenters. The Kier molecular flexibility index (Phi) is 6.16. The minimum absolute atomic E-state index is 0.418. The van der Waals surface area contributed by atoms with Crippen LogP contribution >= 0.6 is 0 Å². The number of hydrogen-bond donors (Lipinski definition) is 2. The quantitative estimate of drug-likeness (QED) is 0.730. The van der Waals surface area contributed by atoms with Gasteiger partial charge in [0, 0.05) is 19.6 Å². The molecule has 0 aliphatic carbocycles. The molecule has 1 aromatic carbocycles. The summed E-state index contributed by atoms with van der Waals surface area (Å²) in [4.78, 5) is 2.40. The molecule has 0 fully saturated rings. The van der Waals surface area contributed by atoms with Gasteiger partial charge in [-0.2, -0.15) is 0 Å². The summed E-state index contributed by atoms with van der Waals surface area (Å²) in [5.41, 5.74) is 3.15. The van der Waals surface area contributed by atoms with Gasteiger partial charge in [0.2, 0.25) is 0 Å². The van der Waals surface area contributed by atoms with E-state index in [0.29, 0.717) is 5.75 Å². The molecule has 0 radical (unpaired) electrons. The van der Waals surface area contributed by atoms with Gasteiger partial charge in [-0.15, -0.1) is 0 Å². The zero-order valence-electron chi connectivity index (χ0n) is 12.1. The summed E-state index contributed by atoms with van der Waals surface area (Å²) in [5.74, 6) is 0.418. The fraction of sp³-hybridized carbons (Fsp3) is 0.600. The SMILES string of the molecule is CCN(CC)CCNCc1cc(C)c(O)c(C)c1. The highest BCUT2D eigenvalue weighted by atomic mass is 16.3. The van der Waals surface area contributed by atoms with E-state index in [1.165, 1.54) is 5.56 Å². The number of aromatic hydroxyl groups is 1. The topological polar surface area (TPSA) is 35.5 Å². The van der Waals surface area contributed by atoms with E-state index >= 15 is 0 Å². The molecule has 0 heterocycles. The second-order valence-corrected chi connectivity index (χ2v) is 4.78. The maximum absolute atomic E-state index is 9.71. The zero-order valence-corrected chi connectivity index (χ0v) is 12.1. The van der Waals surface area contributed by atoms with Crippen LogP contribution in [-0.4, -0.2) is 36.2 Å². The molecule has 0 spiro atoms. The van der Waals surface area contributed by atoms with Crippen molar-refractivity contribution in [3.63, 3.8) is 0 Å². The van der Waals surface area contributed by atoms with Crippen LogP contribution in [0.25, 0.3) is 0 Å². The van der Waals surface area contributed by atoms with Crippen LogP contribution in [0.3, 0.4) is 0 Å². The molecule has 0 saturated carbocycles. The summed E-state index contributed by atoms with van der Waals surface area (Å²) in [5, 5.41) is 13.2. The number of phenolic OH excluding ortho intramolecular Hbond substituents is 1. The molecule has 0 aliphatic heterocycles. The first-order valence-electron chi connectivity index (χ1n) is 6.80. The van der Waals surface area contributed by atoms with E-state index in [4.69, 9.17) is 0 Å². The smallest absolute Gasteiger partial charge is 0.121 e. The predicted molar refractivity (Wildman–Crippen MR) is 77.1 cm³/mol. The standard InChI is InChI=1S/C15H26N2O/c1-5-17(6-2)8-7-16-11-14-9-12(3)15(18)13(4)10-14/h9-10,16,18H,5-8,11H2,1-4H3. The molecule has 18 heavy (non-hydrogen) atoms. The van der Waals surface area contributed by atoms with Crippen molar-refractivity contribution >= 4 is 0 Å². The number of benzene rings is 1. The van der Waals surface area contributed by atoms with Crippen LogP contribution in [0.4, 0.5) is 0 Å². The molecule has 0 aliphatic rings. The summed E-state index contributed by atoms with van der Waals surface area (Å²) in [6, 6.07) is 4.10. The van der Waals surface area contributed by atoms with E-state index < -0.39 is 0 Å². The van der Waals surface area contributed by atoms with E-state index in [0.717, 1.165) is 43.9 Å². The van der Waals surface area contributed by atoms with E-state index in [-0.39, 0.29) is 0 Å². The fourth-order valence-corrected chi connectivity index (χ4v) is 2.16. The fourth-order valence-electron chi connectivity index (χ4n) is 2.16. The number of phenols is 1. The Bertz CT molecular complexity index is 350. The number of nitrogens with zero attached hydrogens (tertiary/aromatic N) is 1. The van der Waals surface area contributed by atoms with Crippen LogP contribution in [0.15, 0.2) is 12.1 Å². The molecule has 1 rings (SSSR count). The van der Waals surface area contributed by atoms with Gasteiger partial charge in [-0.1, -0.05) is 26.0 Å². The Morgan fingerprint density at radius 3 is 2.17 bits per heavy atom. The Labute approximate surface area is 111 Å². The monoisotopic (exact) mass is 250 g/mol. The van der Waals surface area contributed by atoms with Crippen molar-refractivity contribution in [2.24, 2.45) is 0 Å². The van der Waals surface area contributed by atoms with Crippen LogP contribution in [-0.2, 0) is 6.54 Å². The molecule has 102 valence electrons. The highest BCUT2D eigenvalue weighted by molar-refractivity contribution is 5.42. The van der Waals surface area contributed by atoms with Gasteiger partial charge < -0.3 is 15.3 Å². The third-order valence-corrected chi connectivity index (χ3v) is 3.38. The first-order chi connectivity index (χ1) is 8.58. The average molecular weight is 250 g/mol. The first kappa shape index (κ1) is 15.0. The lowest BCUT2D eigenvalue weighted by molar-refractivity contribution is 0.302. The molecule has 0 unspecified atom stereocenters. The molecular formula is C15H26N2O. The van der Waals surface area contributed by atoms with E-state index in [1.807, 2.05) is 26.0 Å². The van der Waals surface area contributed by atoms with Crippen LogP contribution in [0, 0.1) is 13.8 Å². The number of likely N-dealkylation sites (N-methyl/N-ethyl adjacent to an activating group) is 1. The summed E-state index contributed by atoms with van der Waals surface area (Å²) in [6.45, 7) is 13.4. The molecular weight excluding hydrogens is 224 g/mol.